The third-order valence-corrected chi connectivity index (χ3v) is 7.93. The summed E-state index contributed by atoms with van der Waals surface area (Å²) >= 11 is -2.75. The SMILES string of the molecule is O=C(c1c(-c2ccc[nH]c2=O)c2c3ccccc3c(F)cc2n1Cc1cc([N+](=O)[O-])ccc1F)N(C1CC1)S(=O)O. The second-order valence-corrected chi connectivity index (χ2v) is 10.5. The van der Waals surface area contributed by atoms with E-state index in [2.05, 4.69) is 4.98 Å². The molecule has 6 rings (SSSR count). The summed E-state index contributed by atoms with van der Waals surface area (Å²) < 4.78 is 55.0. The zero-order valence-corrected chi connectivity index (χ0v) is 21.9. The van der Waals surface area contributed by atoms with Gasteiger partial charge in [-0.3, -0.25) is 24.3 Å². The minimum Gasteiger partial charge on any atom is -0.331 e. The Morgan fingerprint density at radius 1 is 1.10 bits per heavy atom. The van der Waals surface area contributed by atoms with Gasteiger partial charge in [-0.15, -0.1) is 0 Å². The number of nitrogens with one attached hydrogen (secondary N) is 1. The van der Waals surface area contributed by atoms with E-state index in [1.54, 1.807) is 18.2 Å². The molecule has 208 valence electrons. The van der Waals surface area contributed by atoms with Crippen LogP contribution >= 0.6 is 0 Å². The molecule has 1 saturated carbocycles. The maximum absolute atomic E-state index is 15.5. The smallest absolute Gasteiger partial charge is 0.284 e. The van der Waals surface area contributed by atoms with E-state index >= 15 is 8.78 Å². The Bertz CT molecular complexity index is 1980. The molecule has 0 aliphatic heterocycles. The van der Waals surface area contributed by atoms with Gasteiger partial charge in [-0.25, -0.2) is 17.3 Å². The summed E-state index contributed by atoms with van der Waals surface area (Å²) in [7, 11) is 0. The molecule has 0 saturated heterocycles. The van der Waals surface area contributed by atoms with Crippen molar-refractivity contribution in [1.82, 2.24) is 13.9 Å². The second-order valence-electron chi connectivity index (χ2n) is 9.65. The molecule has 1 aliphatic carbocycles. The highest BCUT2D eigenvalue weighted by Gasteiger charge is 2.40. The van der Waals surface area contributed by atoms with Crippen LogP contribution in [-0.4, -0.2) is 39.5 Å². The third-order valence-electron chi connectivity index (χ3n) is 7.13. The van der Waals surface area contributed by atoms with Crippen molar-refractivity contribution >= 4 is 44.5 Å². The summed E-state index contributed by atoms with van der Waals surface area (Å²) in [5, 5.41) is 12.3. The van der Waals surface area contributed by atoms with Crippen molar-refractivity contribution in [3.8, 4) is 11.1 Å². The molecule has 1 amide bonds. The average Bonchev–Trinajstić information content (AvgIpc) is 3.72. The molecule has 2 heterocycles. The molecule has 10 nitrogen and oxygen atoms in total. The first-order valence-electron chi connectivity index (χ1n) is 12.5. The van der Waals surface area contributed by atoms with Gasteiger partial charge in [0, 0.05) is 51.8 Å². The van der Waals surface area contributed by atoms with Crippen LogP contribution in [0.15, 0.2) is 71.7 Å². The average molecular weight is 579 g/mol. The van der Waals surface area contributed by atoms with E-state index in [1.165, 1.54) is 29.0 Å². The summed E-state index contributed by atoms with van der Waals surface area (Å²) in [4.78, 5) is 40.6. The van der Waals surface area contributed by atoms with Crippen LogP contribution in [0.1, 0.15) is 28.9 Å². The van der Waals surface area contributed by atoms with Gasteiger partial charge < -0.3 is 9.55 Å². The summed E-state index contributed by atoms with van der Waals surface area (Å²) in [6.07, 6.45) is 2.33. The van der Waals surface area contributed by atoms with Crippen LogP contribution in [-0.2, 0) is 17.8 Å². The normalized spacial score (nSPS) is 13.9. The number of nitro groups is 1. The molecule has 0 spiro atoms. The number of aromatic nitrogens is 2. The number of fused-ring (bicyclic) bond motifs is 3. The summed E-state index contributed by atoms with van der Waals surface area (Å²) in [5.41, 5.74) is -1.26. The van der Waals surface area contributed by atoms with Gasteiger partial charge in [0.2, 0.25) is 0 Å². The number of pyridine rings is 1. The van der Waals surface area contributed by atoms with Crippen molar-refractivity contribution in [1.29, 1.82) is 0 Å². The van der Waals surface area contributed by atoms with E-state index in [0.29, 0.717) is 18.2 Å². The van der Waals surface area contributed by atoms with Crippen LogP contribution in [0.2, 0.25) is 0 Å². The number of aromatic amines is 1. The number of carbonyl (C=O) groups excluding carboxylic acids is 1. The number of nitrogens with zero attached hydrogens (tertiary/aromatic N) is 3. The number of halogens is 2. The van der Waals surface area contributed by atoms with E-state index in [0.717, 1.165) is 28.6 Å². The lowest BCUT2D eigenvalue weighted by atomic mass is 9.97. The molecule has 1 aliphatic rings. The standard InChI is InChI=1S/C28H20F2N4O6S/c29-21-10-9-17(34(37)38)12-15(21)14-32-23-13-22(30)18-4-1-2-5-19(18)24(23)25(20-6-3-11-31-27(20)35)26(32)28(36)33(41(39)40)16-7-8-16/h1-6,9-13,16H,7-8,14H2,(H,31,35)(H,39,40). The number of rotatable bonds is 7. The molecule has 5 aromatic rings. The van der Waals surface area contributed by atoms with Gasteiger partial charge in [-0.1, -0.05) is 24.3 Å². The van der Waals surface area contributed by atoms with Crippen LogP contribution in [0.25, 0.3) is 32.8 Å². The van der Waals surface area contributed by atoms with E-state index < -0.39 is 57.6 Å². The molecule has 0 bridgehead atoms. The minimum absolute atomic E-state index is 0.0235. The second kappa shape index (κ2) is 10.0. The lowest BCUT2D eigenvalue weighted by molar-refractivity contribution is -0.385. The number of hydrogen-bond acceptors (Lipinski definition) is 5. The number of non-ortho nitro benzene ring substituents is 1. The van der Waals surface area contributed by atoms with E-state index in [1.807, 2.05) is 0 Å². The van der Waals surface area contributed by atoms with Crippen LogP contribution in [0.5, 0.6) is 0 Å². The van der Waals surface area contributed by atoms with Gasteiger partial charge in [-0.2, -0.15) is 0 Å². The van der Waals surface area contributed by atoms with E-state index in [9.17, 15) is 28.5 Å². The number of hydrogen-bond donors (Lipinski definition) is 2. The highest BCUT2D eigenvalue weighted by molar-refractivity contribution is 7.77. The molecule has 41 heavy (non-hydrogen) atoms. The lowest BCUT2D eigenvalue weighted by Crippen LogP contribution is -2.36. The first-order valence-corrected chi connectivity index (χ1v) is 13.5. The molecule has 2 aromatic heterocycles. The molecule has 2 N–H and O–H groups in total. The topological polar surface area (TPSA) is 139 Å². The molecule has 13 heteroatoms. The van der Waals surface area contributed by atoms with Crippen molar-refractivity contribution < 1.29 is 27.3 Å². The minimum atomic E-state index is -2.75. The summed E-state index contributed by atoms with van der Waals surface area (Å²) in [6, 6.07) is 12.9. The molecule has 3 aromatic carbocycles. The Hall–Kier alpha value is -4.75. The molecule has 0 radical (unpaired) electrons. The van der Waals surface area contributed by atoms with Crippen LogP contribution < -0.4 is 5.56 Å². The highest BCUT2D eigenvalue weighted by Crippen LogP contribution is 2.42. The predicted molar refractivity (Wildman–Crippen MR) is 148 cm³/mol. The number of benzene rings is 3. The van der Waals surface area contributed by atoms with Crippen molar-refractivity contribution in [2.75, 3.05) is 0 Å². The molecular weight excluding hydrogens is 558 g/mol. The van der Waals surface area contributed by atoms with Gasteiger partial charge in [0.05, 0.1) is 17.0 Å². The van der Waals surface area contributed by atoms with Gasteiger partial charge >= 0.3 is 0 Å². The van der Waals surface area contributed by atoms with Crippen LogP contribution in [0.4, 0.5) is 14.5 Å². The monoisotopic (exact) mass is 578 g/mol. The first-order chi connectivity index (χ1) is 19.7. The fraction of sp³-hybridized carbons (Fsp3) is 0.143. The Morgan fingerprint density at radius 2 is 1.83 bits per heavy atom. The van der Waals surface area contributed by atoms with Crippen molar-refractivity contribution in [3.05, 3.63) is 110 Å². The highest BCUT2D eigenvalue weighted by atomic mass is 32.2. The zero-order valence-electron chi connectivity index (χ0n) is 21.0. The number of carbonyl (C=O) groups is 1. The Kier molecular flexibility index (Phi) is 6.47. The maximum atomic E-state index is 15.5. The van der Waals surface area contributed by atoms with Crippen molar-refractivity contribution in [2.45, 2.75) is 25.4 Å². The molecular formula is C28H20F2N4O6S. The van der Waals surface area contributed by atoms with Crippen LogP contribution in [0, 0.1) is 21.7 Å². The molecule has 1 unspecified atom stereocenters. The molecule has 1 fully saturated rings. The van der Waals surface area contributed by atoms with Gasteiger partial charge in [0.15, 0.2) is 0 Å². The Balaban J connectivity index is 1.77. The zero-order chi connectivity index (χ0) is 29.0. The first kappa shape index (κ1) is 26.5. The Morgan fingerprint density at radius 3 is 2.49 bits per heavy atom. The summed E-state index contributed by atoms with van der Waals surface area (Å²) in [6.45, 7) is -0.482. The summed E-state index contributed by atoms with van der Waals surface area (Å²) in [5.74, 6) is -2.41. The number of H-pyrrole nitrogens is 1. The van der Waals surface area contributed by atoms with Gasteiger partial charge in [-0.05, 0) is 42.5 Å². The van der Waals surface area contributed by atoms with Gasteiger partial charge in [0.25, 0.3) is 28.4 Å². The van der Waals surface area contributed by atoms with Crippen molar-refractivity contribution in [3.63, 3.8) is 0 Å². The largest absolute Gasteiger partial charge is 0.331 e. The lowest BCUT2D eigenvalue weighted by Gasteiger charge is -2.20. The fourth-order valence-electron chi connectivity index (χ4n) is 5.18. The van der Waals surface area contributed by atoms with Crippen LogP contribution in [0.3, 0.4) is 0 Å². The maximum Gasteiger partial charge on any atom is 0.284 e. The van der Waals surface area contributed by atoms with E-state index in [4.69, 9.17) is 0 Å². The Labute approximate surface area is 232 Å². The fourth-order valence-corrected chi connectivity index (χ4v) is 5.87. The third kappa shape index (κ3) is 4.48. The number of nitro benzene ring substituents is 1. The number of amides is 1. The van der Waals surface area contributed by atoms with E-state index in [-0.39, 0.29) is 38.7 Å². The predicted octanol–water partition coefficient (Wildman–Crippen LogP) is 5.13. The van der Waals surface area contributed by atoms with Gasteiger partial charge in [0.1, 0.15) is 17.3 Å². The molecule has 1 atom stereocenters. The van der Waals surface area contributed by atoms with Crippen molar-refractivity contribution in [2.24, 2.45) is 0 Å². The quantitative estimate of drug-likeness (QED) is 0.156.